The smallest absolute Gasteiger partial charge is 0.222 e. The van der Waals surface area contributed by atoms with Crippen molar-refractivity contribution >= 4 is 17.7 Å². The Balaban J connectivity index is 2.07. The topological polar surface area (TPSA) is 63.8 Å². The maximum absolute atomic E-state index is 5.66. The van der Waals surface area contributed by atoms with E-state index in [9.17, 15) is 0 Å². The first-order valence-electron chi connectivity index (χ1n) is 5.17. The molecular weight excluding hydrogens is 208 g/mol. The summed E-state index contributed by atoms with van der Waals surface area (Å²) in [4.78, 5) is 8.77. The number of hydrogen-bond donors (Lipinski definition) is 2. The third-order valence-corrected chi connectivity index (χ3v) is 3.29. The molecule has 0 bridgehead atoms. The van der Waals surface area contributed by atoms with Crippen molar-refractivity contribution in [2.24, 2.45) is 5.73 Å². The third-order valence-electron chi connectivity index (χ3n) is 2.28. The van der Waals surface area contributed by atoms with Crippen LogP contribution in [0.5, 0.6) is 0 Å². The van der Waals surface area contributed by atoms with Crippen LogP contribution in [0, 0.1) is 0 Å². The van der Waals surface area contributed by atoms with Crippen LogP contribution in [-0.4, -0.2) is 28.3 Å². The highest BCUT2D eigenvalue weighted by molar-refractivity contribution is 7.98. The van der Waals surface area contributed by atoms with Crippen LogP contribution < -0.4 is 11.1 Å². The van der Waals surface area contributed by atoms with Gasteiger partial charge in [-0.1, -0.05) is 0 Å². The minimum Gasteiger partial charge on any atom is -0.353 e. The van der Waals surface area contributed by atoms with E-state index in [4.69, 9.17) is 5.73 Å². The molecule has 15 heavy (non-hydrogen) atoms. The van der Waals surface area contributed by atoms with Gasteiger partial charge in [0.15, 0.2) is 0 Å². The Morgan fingerprint density at radius 3 is 3.33 bits per heavy atom. The van der Waals surface area contributed by atoms with Gasteiger partial charge in [0.05, 0.1) is 5.69 Å². The van der Waals surface area contributed by atoms with Crippen LogP contribution in [0.25, 0.3) is 0 Å². The van der Waals surface area contributed by atoms with E-state index in [0.29, 0.717) is 12.5 Å². The Morgan fingerprint density at radius 1 is 1.67 bits per heavy atom. The van der Waals surface area contributed by atoms with Crippen LogP contribution in [-0.2, 0) is 12.2 Å². The fraction of sp³-hybridized carbons (Fsp3) is 0.600. The minimum atomic E-state index is 0.125. The molecule has 0 aliphatic carbocycles. The Kier molecular flexibility index (Phi) is 3.43. The summed E-state index contributed by atoms with van der Waals surface area (Å²) in [5.74, 6) is 2.91. The summed E-state index contributed by atoms with van der Waals surface area (Å²) in [6, 6.07) is 0.125. The highest BCUT2D eigenvalue weighted by Crippen LogP contribution is 2.22. The number of hydrogen-bond acceptors (Lipinski definition) is 5. The average Bonchev–Trinajstić information content (AvgIpc) is 2.26. The normalized spacial score (nSPS) is 16.9. The summed E-state index contributed by atoms with van der Waals surface area (Å²) in [6.07, 6.45) is 2.98. The Hall–Kier alpha value is -0.810. The van der Waals surface area contributed by atoms with Gasteiger partial charge in [-0.2, -0.15) is 11.8 Å². The zero-order valence-electron chi connectivity index (χ0n) is 8.86. The lowest BCUT2D eigenvalue weighted by molar-refractivity contribution is 0.771. The second kappa shape index (κ2) is 4.81. The van der Waals surface area contributed by atoms with Gasteiger partial charge in [0, 0.05) is 30.1 Å². The van der Waals surface area contributed by atoms with Crippen LogP contribution in [0.2, 0.25) is 0 Å². The fourth-order valence-electron chi connectivity index (χ4n) is 1.47. The second-order valence-corrected chi connectivity index (χ2v) is 4.93. The van der Waals surface area contributed by atoms with Gasteiger partial charge in [-0.05, 0) is 19.1 Å². The van der Waals surface area contributed by atoms with Crippen LogP contribution >= 0.6 is 11.8 Å². The fourth-order valence-corrected chi connectivity index (χ4v) is 2.41. The standard InChI is InChI=1S/C10H16N4S/c1-7(11)4-12-10-13-5-8-6-15-3-2-9(8)14-10/h5,7H,2-4,6,11H2,1H3,(H,12,13,14). The summed E-state index contributed by atoms with van der Waals surface area (Å²) in [5.41, 5.74) is 8.12. The highest BCUT2D eigenvalue weighted by Gasteiger charge is 2.11. The Bertz CT molecular complexity index is 340. The van der Waals surface area contributed by atoms with Gasteiger partial charge in [-0.3, -0.25) is 0 Å². The maximum atomic E-state index is 5.66. The molecule has 4 nitrogen and oxygen atoms in total. The number of fused-ring (bicyclic) bond motifs is 1. The zero-order chi connectivity index (χ0) is 10.7. The first kappa shape index (κ1) is 10.7. The van der Waals surface area contributed by atoms with Crippen molar-refractivity contribution in [1.82, 2.24) is 9.97 Å². The highest BCUT2D eigenvalue weighted by atomic mass is 32.2. The molecule has 0 aromatic carbocycles. The first-order chi connectivity index (χ1) is 7.25. The SMILES string of the molecule is CC(N)CNc1ncc2c(n1)CCSC2. The molecule has 0 amide bonds. The predicted molar refractivity (Wildman–Crippen MR) is 64.0 cm³/mol. The second-order valence-electron chi connectivity index (χ2n) is 3.83. The van der Waals surface area contributed by atoms with Crippen LogP contribution in [0.4, 0.5) is 5.95 Å². The molecule has 1 aliphatic heterocycles. The number of aryl methyl sites for hydroxylation is 1. The van der Waals surface area contributed by atoms with Crippen molar-refractivity contribution in [2.45, 2.75) is 25.1 Å². The molecule has 0 spiro atoms. The van der Waals surface area contributed by atoms with Crippen molar-refractivity contribution < 1.29 is 0 Å². The van der Waals surface area contributed by atoms with Gasteiger partial charge < -0.3 is 11.1 Å². The molecule has 82 valence electrons. The van der Waals surface area contributed by atoms with Crippen molar-refractivity contribution in [3.05, 3.63) is 17.5 Å². The molecule has 2 heterocycles. The van der Waals surface area contributed by atoms with Gasteiger partial charge in [-0.15, -0.1) is 0 Å². The molecule has 0 radical (unpaired) electrons. The number of aromatic nitrogens is 2. The van der Waals surface area contributed by atoms with E-state index in [-0.39, 0.29) is 6.04 Å². The Morgan fingerprint density at radius 2 is 2.53 bits per heavy atom. The number of thioether (sulfide) groups is 1. The minimum absolute atomic E-state index is 0.125. The molecule has 1 aliphatic rings. The van der Waals surface area contributed by atoms with Crippen LogP contribution in [0.3, 0.4) is 0 Å². The van der Waals surface area contributed by atoms with E-state index in [1.54, 1.807) is 0 Å². The molecule has 0 saturated heterocycles. The summed E-state index contributed by atoms with van der Waals surface area (Å²) >= 11 is 1.94. The van der Waals surface area contributed by atoms with Crippen molar-refractivity contribution in [2.75, 3.05) is 17.6 Å². The van der Waals surface area contributed by atoms with Crippen molar-refractivity contribution in [3.63, 3.8) is 0 Å². The molecule has 1 atom stereocenters. The largest absolute Gasteiger partial charge is 0.353 e. The molecule has 0 fully saturated rings. The number of nitrogens with two attached hydrogens (primary N) is 1. The van der Waals surface area contributed by atoms with Crippen molar-refractivity contribution in [3.8, 4) is 0 Å². The van der Waals surface area contributed by atoms with Gasteiger partial charge >= 0.3 is 0 Å². The molecule has 1 aromatic rings. The lowest BCUT2D eigenvalue weighted by Crippen LogP contribution is -2.26. The molecular formula is C10H16N4S. The van der Waals surface area contributed by atoms with E-state index < -0.39 is 0 Å². The molecule has 1 aromatic heterocycles. The maximum Gasteiger partial charge on any atom is 0.222 e. The van der Waals surface area contributed by atoms with E-state index in [1.807, 2.05) is 24.9 Å². The van der Waals surface area contributed by atoms with E-state index in [1.165, 1.54) is 11.3 Å². The van der Waals surface area contributed by atoms with E-state index in [0.717, 1.165) is 17.9 Å². The van der Waals surface area contributed by atoms with E-state index >= 15 is 0 Å². The summed E-state index contributed by atoms with van der Waals surface area (Å²) in [7, 11) is 0. The first-order valence-corrected chi connectivity index (χ1v) is 6.33. The third kappa shape index (κ3) is 2.82. The molecule has 5 heteroatoms. The number of rotatable bonds is 3. The lowest BCUT2D eigenvalue weighted by atomic mass is 10.2. The van der Waals surface area contributed by atoms with Crippen LogP contribution in [0.15, 0.2) is 6.20 Å². The van der Waals surface area contributed by atoms with Gasteiger partial charge in [0.25, 0.3) is 0 Å². The zero-order valence-corrected chi connectivity index (χ0v) is 9.68. The average molecular weight is 224 g/mol. The van der Waals surface area contributed by atoms with Gasteiger partial charge in [0.1, 0.15) is 0 Å². The Labute approximate surface area is 94.1 Å². The lowest BCUT2D eigenvalue weighted by Gasteiger charge is -2.15. The number of anilines is 1. The molecule has 2 rings (SSSR count). The van der Waals surface area contributed by atoms with Gasteiger partial charge in [-0.25, -0.2) is 9.97 Å². The monoisotopic (exact) mass is 224 g/mol. The van der Waals surface area contributed by atoms with Crippen LogP contribution in [0.1, 0.15) is 18.2 Å². The van der Waals surface area contributed by atoms with E-state index in [2.05, 4.69) is 15.3 Å². The van der Waals surface area contributed by atoms with Crippen molar-refractivity contribution in [1.29, 1.82) is 0 Å². The summed E-state index contributed by atoms with van der Waals surface area (Å²) < 4.78 is 0. The summed E-state index contributed by atoms with van der Waals surface area (Å²) in [6.45, 7) is 2.68. The molecule has 1 unspecified atom stereocenters. The predicted octanol–water partition coefficient (Wildman–Crippen LogP) is 1.02. The molecule has 3 N–H and O–H groups in total. The number of nitrogens with one attached hydrogen (secondary N) is 1. The summed E-state index contributed by atoms with van der Waals surface area (Å²) in [5, 5.41) is 3.14. The number of nitrogens with zero attached hydrogens (tertiary/aromatic N) is 2. The van der Waals surface area contributed by atoms with Gasteiger partial charge in [0.2, 0.25) is 5.95 Å². The quantitative estimate of drug-likeness (QED) is 0.802. The molecule has 0 saturated carbocycles.